The van der Waals surface area contributed by atoms with Crippen LogP contribution in [0.25, 0.3) is 0 Å². The van der Waals surface area contributed by atoms with E-state index in [1.807, 2.05) is 72.8 Å². The zero-order valence-corrected chi connectivity index (χ0v) is 19.2. The summed E-state index contributed by atoms with van der Waals surface area (Å²) in [6, 6.07) is 27.4. The van der Waals surface area contributed by atoms with E-state index in [4.69, 9.17) is 0 Å². The van der Waals surface area contributed by atoms with E-state index in [1.54, 1.807) is 4.90 Å². The molecule has 0 aliphatic carbocycles. The van der Waals surface area contributed by atoms with Crippen LogP contribution in [0.2, 0.25) is 0 Å². The summed E-state index contributed by atoms with van der Waals surface area (Å²) in [5.41, 5.74) is 4.08. The zero-order chi connectivity index (χ0) is 22.6. The molecule has 1 heterocycles. The average Bonchev–Trinajstić information content (AvgIpc) is 3.18. The van der Waals surface area contributed by atoms with Crippen LogP contribution in [0.15, 0.2) is 84.9 Å². The molecule has 4 rings (SSSR count). The normalized spacial score (nSPS) is 17.4. The van der Waals surface area contributed by atoms with Crippen LogP contribution in [-0.2, 0) is 27.6 Å². The molecule has 0 spiro atoms. The molecule has 32 heavy (non-hydrogen) atoms. The molecule has 0 radical (unpaired) electrons. The van der Waals surface area contributed by atoms with Gasteiger partial charge in [0.15, 0.2) is 9.84 Å². The van der Waals surface area contributed by atoms with E-state index in [0.717, 1.165) is 23.1 Å². The second kappa shape index (κ2) is 9.70. The summed E-state index contributed by atoms with van der Waals surface area (Å²) in [6.07, 6.45) is 1.44. The number of hydrogen-bond acceptors (Lipinski definition) is 3. The van der Waals surface area contributed by atoms with Crippen molar-refractivity contribution in [3.63, 3.8) is 0 Å². The lowest BCUT2D eigenvalue weighted by atomic mass is 9.89. The molecule has 0 N–H and O–H groups in total. The van der Waals surface area contributed by atoms with Crippen LogP contribution in [0.1, 0.15) is 41.5 Å². The van der Waals surface area contributed by atoms with E-state index in [-0.39, 0.29) is 23.5 Å². The van der Waals surface area contributed by atoms with Gasteiger partial charge in [-0.3, -0.25) is 4.79 Å². The third kappa shape index (κ3) is 5.10. The maximum Gasteiger partial charge on any atom is 0.235 e. The highest BCUT2D eigenvalue weighted by Crippen LogP contribution is 2.30. The predicted molar refractivity (Wildman–Crippen MR) is 128 cm³/mol. The maximum atomic E-state index is 14.1. The Hall–Kier alpha value is -2.92. The molecule has 3 aromatic rings. The van der Waals surface area contributed by atoms with Crippen molar-refractivity contribution in [3.8, 4) is 0 Å². The van der Waals surface area contributed by atoms with Gasteiger partial charge in [0.25, 0.3) is 0 Å². The van der Waals surface area contributed by atoms with E-state index in [0.29, 0.717) is 13.0 Å². The van der Waals surface area contributed by atoms with Crippen molar-refractivity contribution in [1.29, 1.82) is 0 Å². The lowest BCUT2D eigenvalue weighted by molar-refractivity contribution is -0.134. The lowest BCUT2D eigenvalue weighted by Crippen LogP contribution is -2.43. The number of nitrogens with zero attached hydrogens (tertiary/aromatic N) is 1. The van der Waals surface area contributed by atoms with Crippen molar-refractivity contribution >= 4 is 15.7 Å². The first-order valence-corrected chi connectivity index (χ1v) is 13.0. The van der Waals surface area contributed by atoms with Crippen molar-refractivity contribution in [2.45, 2.75) is 38.3 Å². The monoisotopic (exact) mass is 447 g/mol. The molecule has 4 nitrogen and oxygen atoms in total. The molecule has 1 aliphatic heterocycles. The van der Waals surface area contributed by atoms with Gasteiger partial charge in [0.2, 0.25) is 5.91 Å². The summed E-state index contributed by atoms with van der Waals surface area (Å²) in [5.74, 6) is -0.362. The Morgan fingerprint density at radius 2 is 1.41 bits per heavy atom. The number of rotatable bonds is 7. The molecule has 0 aromatic heterocycles. The first kappa shape index (κ1) is 22.3. The SMILES string of the molecule is CCc1ccc(CN(C(=O)C(c2ccccc2)c2ccccc2)[C@H]2CCS(=O)(=O)C2)cc1. The van der Waals surface area contributed by atoms with Crippen LogP contribution in [-0.4, -0.2) is 36.8 Å². The van der Waals surface area contributed by atoms with Crippen LogP contribution in [0, 0.1) is 0 Å². The average molecular weight is 448 g/mol. The Morgan fingerprint density at radius 3 is 1.88 bits per heavy atom. The summed E-state index contributed by atoms with van der Waals surface area (Å²) in [5, 5.41) is 0. The van der Waals surface area contributed by atoms with E-state index >= 15 is 0 Å². The van der Waals surface area contributed by atoms with Crippen LogP contribution in [0.3, 0.4) is 0 Å². The van der Waals surface area contributed by atoms with Crippen molar-refractivity contribution < 1.29 is 13.2 Å². The number of sulfone groups is 1. The van der Waals surface area contributed by atoms with E-state index in [9.17, 15) is 13.2 Å². The molecular weight excluding hydrogens is 418 g/mol. The van der Waals surface area contributed by atoms with Gasteiger partial charge in [-0.2, -0.15) is 0 Å². The molecule has 1 fully saturated rings. The molecule has 0 bridgehead atoms. The third-order valence-electron chi connectivity index (χ3n) is 6.23. The molecule has 1 amide bonds. The highest BCUT2D eigenvalue weighted by Gasteiger charge is 2.37. The smallest absolute Gasteiger partial charge is 0.235 e. The highest BCUT2D eigenvalue weighted by molar-refractivity contribution is 7.91. The number of hydrogen-bond donors (Lipinski definition) is 0. The van der Waals surface area contributed by atoms with E-state index < -0.39 is 15.8 Å². The molecule has 1 saturated heterocycles. The topological polar surface area (TPSA) is 54.5 Å². The molecule has 3 aromatic carbocycles. The lowest BCUT2D eigenvalue weighted by Gasteiger charge is -2.32. The minimum absolute atomic E-state index is 0.0298. The molecular formula is C27H29NO3S. The van der Waals surface area contributed by atoms with Gasteiger partial charge in [-0.1, -0.05) is 91.9 Å². The molecule has 0 saturated carbocycles. The van der Waals surface area contributed by atoms with Gasteiger partial charge in [0.1, 0.15) is 0 Å². The number of amides is 1. The number of benzene rings is 3. The molecule has 0 unspecified atom stereocenters. The first-order chi connectivity index (χ1) is 15.5. The number of aryl methyl sites for hydroxylation is 1. The van der Waals surface area contributed by atoms with Crippen LogP contribution in [0.5, 0.6) is 0 Å². The van der Waals surface area contributed by atoms with Gasteiger partial charge in [0.05, 0.1) is 17.4 Å². The van der Waals surface area contributed by atoms with Crippen LogP contribution in [0.4, 0.5) is 0 Å². The highest BCUT2D eigenvalue weighted by atomic mass is 32.2. The Kier molecular flexibility index (Phi) is 6.75. The van der Waals surface area contributed by atoms with Gasteiger partial charge in [-0.05, 0) is 35.1 Å². The molecule has 5 heteroatoms. The fourth-order valence-corrected chi connectivity index (χ4v) is 6.15. The number of carbonyl (C=O) groups is 1. The second-order valence-electron chi connectivity index (χ2n) is 8.45. The van der Waals surface area contributed by atoms with Crippen molar-refractivity contribution in [2.75, 3.05) is 11.5 Å². The summed E-state index contributed by atoms with van der Waals surface area (Å²) >= 11 is 0. The number of carbonyl (C=O) groups excluding carboxylic acids is 1. The molecule has 1 atom stereocenters. The van der Waals surface area contributed by atoms with Crippen molar-refractivity contribution in [2.24, 2.45) is 0 Å². The maximum absolute atomic E-state index is 14.1. The minimum atomic E-state index is -3.13. The van der Waals surface area contributed by atoms with Crippen molar-refractivity contribution in [3.05, 3.63) is 107 Å². The van der Waals surface area contributed by atoms with Gasteiger partial charge >= 0.3 is 0 Å². The largest absolute Gasteiger partial charge is 0.334 e. The summed E-state index contributed by atoms with van der Waals surface area (Å²) in [6.45, 7) is 2.51. The summed E-state index contributed by atoms with van der Waals surface area (Å²) < 4.78 is 24.6. The van der Waals surface area contributed by atoms with E-state index in [2.05, 4.69) is 19.1 Å². The standard InChI is InChI=1S/C27H29NO3S/c1-2-21-13-15-22(16-14-21)19-28(25-17-18-32(30,31)20-25)27(29)26(23-9-5-3-6-10-23)24-11-7-4-8-12-24/h3-16,25-26H,2,17-20H2,1H3/t25-/m0/s1. The molecule has 1 aliphatic rings. The third-order valence-corrected chi connectivity index (χ3v) is 7.98. The summed E-state index contributed by atoms with van der Waals surface area (Å²) in [7, 11) is -3.13. The first-order valence-electron chi connectivity index (χ1n) is 11.2. The van der Waals surface area contributed by atoms with Crippen LogP contribution >= 0.6 is 0 Å². The Labute approximate surface area is 190 Å². The van der Waals surface area contributed by atoms with Gasteiger partial charge in [0, 0.05) is 12.6 Å². The fourth-order valence-electron chi connectivity index (χ4n) is 4.42. The summed E-state index contributed by atoms with van der Waals surface area (Å²) in [4.78, 5) is 15.9. The fraction of sp³-hybridized carbons (Fsp3) is 0.296. The zero-order valence-electron chi connectivity index (χ0n) is 18.4. The second-order valence-corrected chi connectivity index (χ2v) is 10.7. The quantitative estimate of drug-likeness (QED) is 0.532. The van der Waals surface area contributed by atoms with Crippen molar-refractivity contribution in [1.82, 2.24) is 4.90 Å². The van der Waals surface area contributed by atoms with Gasteiger partial charge < -0.3 is 4.90 Å². The van der Waals surface area contributed by atoms with Gasteiger partial charge in [-0.15, -0.1) is 0 Å². The van der Waals surface area contributed by atoms with Crippen LogP contribution < -0.4 is 0 Å². The Balaban J connectivity index is 1.72. The van der Waals surface area contributed by atoms with E-state index in [1.165, 1.54) is 5.56 Å². The Bertz CT molecular complexity index is 1100. The minimum Gasteiger partial charge on any atom is -0.334 e. The predicted octanol–water partition coefficient (Wildman–Crippen LogP) is 4.60. The molecule has 166 valence electrons. The Morgan fingerprint density at radius 1 is 0.875 bits per heavy atom. The van der Waals surface area contributed by atoms with Gasteiger partial charge in [-0.25, -0.2) is 8.42 Å².